The molecule has 0 aliphatic carbocycles. The minimum atomic E-state index is 0.112. The molecule has 2 fully saturated rings. The van der Waals surface area contributed by atoms with Crippen LogP contribution in [0.15, 0.2) is 24.3 Å². The van der Waals surface area contributed by atoms with Crippen molar-refractivity contribution in [3.05, 3.63) is 29.8 Å². The number of amides is 1. The summed E-state index contributed by atoms with van der Waals surface area (Å²) in [7, 11) is 0. The van der Waals surface area contributed by atoms with Gasteiger partial charge >= 0.3 is 0 Å². The third-order valence-corrected chi connectivity index (χ3v) is 4.70. The Bertz CT molecular complexity index is 509. The number of nitrogens with zero attached hydrogens (tertiary/aromatic N) is 1. The Morgan fingerprint density at radius 2 is 2.24 bits per heavy atom. The molecule has 1 unspecified atom stereocenters. The fraction of sp³-hybridized carbons (Fsp3) is 0.588. The maximum Gasteiger partial charge on any atom is 0.257 e. The lowest BCUT2D eigenvalue weighted by Gasteiger charge is -2.33. The van der Waals surface area contributed by atoms with Gasteiger partial charge in [-0.1, -0.05) is 12.1 Å². The third-order valence-electron chi connectivity index (χ3n) is 4.70. The summed E-state index contributed by atoms with van der Waals surface area (Å²) >= 11 is 0. The van der Waals surface area contributed by atoms with Crippen molar-refractivity contribution in [2.75, 3.05) is 32.8 Å². The fourth-order valence-corrected chi connectivity index (χ4v) is 3.58. The summed E-state index contributed by atoms with van der Waals surface area (Å²) in [6, 6.07) is 7.57. The number of hydrogen-bond donors (Lipinski definition) is 1. The Hall–Kier alpha value is -1.55. The van der Waals surface area contributed by atoms with Gasteiger partial charge in [0, 0.05) is 25.0 Å². The number of ether oxygens (including phenoxy) is 1. The molecule has 4 nitrogen and oxygen atoms in total. The molecular formula is C17H24N2O2. The van der Waals surface area contributed by atoms with E-state index in [1.165, 1.54) is 12.8 Å². The van der Waals surface area contributed by atoms with Crippen molar-refractivity contribution in [2.24, 2.45) is 5.41 Å². The highest BCUT2D eigenvalue weighted by atomic mass is 16.5. The zero-order chi connectivity index (χ0) is 14.7. The van der Waals surface area contributed by atoms with Crippen LogP contribution in [0, 0.1) is 5.41 Å². The Labute approximate surface area is 126 Å². The van der Waals surface area contributed by atoms with Gasteiger partial charge in [0.2, 0.25) is 0 Å². The van der Waals surface area contributed by atoms with E-state index in [0.29, 0.717) is 23.3 Å². The third kappa shape index (κ3) is 2.91. The van der Waals surface area contributed by atoms with Crippen LogP contribution in [0.2, 0.25) is 0 Å². The quantitative estimate of drug-likeness (QED) is 0.928. The molecule has 0 saturated carbocycles. The van der Waals surface area contributed by atoms with E-state index in [4.69, 9.17) is 4.74 Å². The van der Waals surface area contributed by atoms with E-state index in [1.54, 1.807) is 0 Å². The van der Waals surface area contributed by atoms with Gasteiger partial charge in [-0.15, -0.1) is 0 Å². The van der Waals surface area contributed by atoms with Gasteiger partial charge in [0.15, 0.2) is 0 Å². The Morgan fingerprint density at radius 1 is 1.38 bits per heavy atom. The summed E-state index contributed by atoms with van der Waals surface area (Å²) in [5, 5.41) is 3.49. The van der Waals surface area contributed by atoms with Crippen molar-refractivity contribution in [2.45, 2.75) is 26.2 Å². The van der Waals surface area contributed by atoms with Crippen LogP contribution in [0.4, 0.5) is 0 Å². The van der Waals surface area contributed by atoms with Crippen LogP contribution >= 0.6 is 0 Å². The lowest BCUT2D eigenvalue weighted by Crippen LogP contribution is -2.42. The van der Waals surface area contributed by atoms with Crippen LogP contribution in [0.3, 0.4) is 0 Å². The first-order chi connectivity index (χ1) is 10.2. The van der Waals surface area contributed by atoms with E-state index in [-0.39, 0.29) is 5.91 Å². The molecule has 21 heavy (non-hydrogen) atoms. The van der Waals surface area contributed by atoms with Crippen molar-refractivity contribution in [3.63, 3.8) is 0 Å². The zero-order valence-corrected chi connectivity index (χ0v) is 12.7. The first kappa shape index (κ1) is 14.4. The normalized spacial score (nSPS) is 25.3. The number of likely N-dealkylation sites (tertiary alicyclic amines) is 1. The topological polar surface area (TPSA) is 41.6 Å². The Morgan fingerprint density at radius 3 is 3.00 bits per heavy atom. The van der Waals surface area contributed by atoms with Crippen LogP contribution in [-0.4, -0.2) is 43.6 Å². The first-order valence-electron chi connectivity index (χ1n) is 7.96. The molecule has 3 rings (SSSR count). The molecule has 1 N–H and O–H groups in total. The highest BCUT2D eigenvalue weighted by molar-refractivity contribution is 5.97. The number of piperidine rings is 1. The lowest BCUT2D eigenvalue weighted by atomic mass is 9.80. The minimum absolute atomic E-state index is 0.112. The number of rotatable bonds is 3. The van der Waals surface area contributed by atoms with Crippen molar-refractivity contribution < 1.29 is 9.53 Å². The molecule has 2 heterocycles. The van der Waals surface area contributed by atoms with E-state index in [1.807, 2.05) is 36.1 Å². The molecule has 1 amide bonds. The Kier molecular flexibility index (Phi) is 4.15. The van der Waals surface area contributed by atoms with Gasteiger partial charge < -0.3 is 15.0 Å². The molecule has 1 aromatic carbocycles. The fourth-order valence-electron chi connectivity index (χ4n) is 3.58. The second-order valence-corrected chi connectivity index (χ2v) is 6.19. The van der Waals surface area contributed by atoms with Gasteiger partial charge in [0.25, 0.3) is 5.91 Å². The van der Waals surface area contributed by atoms with Crippen molar-refractivity contribution >= 4 is 5.91 Å². The molecule has 0 radical (unpaired) electrons. The lowest BCUT2D eigenvalue weighted by molar-refractivity contribution is 0.0760. The molecule has 2 aliphatic rings. The van der Waals surface area contributed by atoms with E-state index < -0.39 is 0 Å². The van der Waals surface area contributed by atoms with Crippen LogP contribution in [0.1, 0.15) is 36.5 Å². The minimum Gasteiger partial charge on any atom is -0.493 e. The summed E-state index contributed by atoms with van der Waals surface area (Å²) in [6.07, 6.45) is 3.57. The van der Waals surface area contributed by atoms with E-state index in [2.05, 4.69) is 5.32 Å². The van der Waals surface area contributed by atoms with Crippen molar-refractivity contribution in [1.82, 2.24) is 10.2 Å². The van der Waals surface area contributed by atoms with Gasteiger partial charge in [-0.3, -0.25) is 4.79 Å². The SMILES string of the molecule is CCOc1ccccc1C(=O)N1CCC2(CCCNC2)C1. The second-order valence-electron chi connectivity index (χ2n) is 6.19. The van der Waals surface area contributed by atoms with Crippen LogP contribution in [-0.2, 0) is 0 Å². The monoisotopic (exact) mass is 288 g/mol. The molecule has 0 bridgehead atoms. The zero-order valence-electron chi connectivity index (χ0n) is 12.7. The molecule has 114 valence electrons. The Balaban J connectivity index is 1.74. The molecule has 1 aromatic rings. The average Bonchev–Trinajstić information content (AvgIpc) is 2.92. The number of carbonyl (C=O) groups excluding carboxylic acids is 1. The highest BCUT2D eigenvalue weighted by Crippen LogP contribution is 2.37. The predicted octanol–water partition coefficient (Wildman–Crippen LogP) is 2.30. The maximum atomic E-state index is 12.8. The number of carbonyl (C=O) groups is 1. The average molecular weight is 288 g/mol. The summed E-state index contributed by atoms with van der Waals surface area (Å²) < 4.78 is 5.59. The molecule has 0 aromatic heterocycles. The van der Waals surface area contributed by atoms with Crippen LogP contribution in [0.5, 0.6) is 5.75 Å². The molecule has 2 aliphatic heterocycles. The van der Waals surface area contributed by atoms with E-state index in [0.717, 1.165) is 32.6 Å². The van der Waals surface area contributed by atoms with Gasteiger partial charge in [0.1, 0.15) is 5.75 Å². The predicted molar refractivity (Wildman–Crippen MR) is 82.7 cm³/mol. The smallest absolute Gasteiger partial charge is 0.257 e. The largest absolute Gasteiger partial charge is 0.493 e. The number of nitrogens with one attached hydrogen (secondary N) is 1. The van der Waals surface area contributed by atoms with Gasteiger partial charge in [-0.05, 0) is 44.9 Å². The van der Waals surface area contributed by atoms with Gasteiger partial charge in [-0.2, -0.15) is 0 Å². The number of benzene rings is 1. The number of hydrogen-bond acceptors (Lipinski definition) is 3. The standard InChI is InChI=1S/C17H24N2O2/c1-2-21-15-7-4-3-6-14(15)16(20)19-11-9-17(13-19)8-5-10-18-12-17/h3-4,6-7,18H,2,5,8-13H2,1H3. The molecule has 1 spiro atoms. The van der Waals surface area contributed by atoms with Gasteiger partial charge in [0.05, 0.1) is 12.2 Å². The summed E-state index contributed by atoms with van der Waals surface area (Å²) in [6.45, 7) is 6.42. The molecule has 4 heteroatoms. The van der Waals surface area contributed by atoms with Crippen molar-refractivity contribution in [3.8, 4) is 5.75 Å². The van der Waals surface area contributed by atoms with Crippen LogP contribution < -0.4 is 10.1 Å². The summed E-state index contributed by atoms with van der Waals surface area (Å²) in [5.74, 6) is 0.814. The van der Waals surface area contributed by atoms with Crippen molar-refractivity contribution in [1.29, 1.82) is 0 Å². The summed E-state index contributed by atoms with van der Waals surface area (Å²) in [4.78, 5) is 14.8. The second kappa shape index (κ2) is 6.06. The highest BCUT2D eigenvalue weighted by Gasteiger charge is 2.41. The molecular weight excluding hydrogens is 264 g/mol. The first-order valence-corrected chi connectivity index (χ1v) is 7.96. The summed E-state index contributed by atoms with van der Waals surface area (Å²) in [5.41, 5.74) is 0.995. The van der Waals surface area contributed by atoms with E-state index >= 15 is 0 Å². The molecule has 1 atom stereocenters. The number of para-hydroxylation sites is 1. The molecule has 2 saturated heterocycles. The maximum absolute atomic E-state index is 12.8. The van der Waals surface area contributed by atoms with E-state index in [9.17, 15) is 4.79 Å². The van der Waals surface area contributed by atoms with Gasteiger partial charge in [-0.25, -0.2) is 0 Å². The van der Waals surface area contributed by atoms with Crippen LogP contribution in [0.25, 0.3) is 0 Å².